The maximum absolute atomic E-state index is 6.44. The molecule has 0 unspecified atom stereocenters. The van der Waals surface area contributed by atoms with E-state index in [0.29, 0.717) is 12.6 Å². The molecule has 9 heavy (non-hydrogen) atoms. The molecule has 0 nitrogen and oxygen atoms in total. The van der Waals surface area contributed by atoms with Crippen LogP contribution in [0.1, 0.15) is 12.8 Å². The summed E-state index contributed by atoms with van der Waals surface area (Å²) in [6, 6.07) is 0. The lowest BCUT2D eigenvalue weighted by Crippen LogP contribution is -1.67. The first-order valence-corrected chi connectivity index (χ1v) is 13.7. The third kappa shape index (κ3) is 25.3. The third-order valence-corrected chi connectivity index (χ3v) is 0.996. The van der Waals surface area contributed by atoms with Crippen LogP contribution in [0.15, 0.2) is 0 Å². The van der Waals surface area contributed by atoms with Crippen LogP contribution in [-0.2, 0) is 0 Å². The SMILES string of the molecule is [C]#CCCCBr.[I][Mg][I]. The summed E-state index contributed by atoms with van der Waals surface area (Å²) in [6.07, 6.45) is 8.25. The number of hydrogen-bond donors (Lipinski definition) is 0. The van der Waals surface area contributed by atoms with Crippen molar-refractivity contribution in [1.82, 2.24) is 0 Å². The summed E-state index contributed by atoms with van der Waals surface area (Å²) in [5, 5.41) is 0.985. The van der Waals surface area contributed by atoms with Crippen LogP contribution in [0.3, 0.4) is 0 Å². The first kappa shape index (κ1) is 13.8. The predicted octanol–water partition coefficient (Wildman–Crippen LogP) is 3.14. The molecule has 0 aliphatic rings. The van der Waals surface area contributed by atoms with E-state index in [-0.39, 0.29) is 0 Å². The summed E-state index contributed by atoms with van der Waals surface area (Å²) < 4.78 is 0. The zero-order chi connectivity index (χ0) is 7.54. The van der Waals surface area contributed by atoms with Crippen molar-refractivity contribution >= 4 is 66.2 Å². The van der Waals surface area contributed by atoms with Gasteiger partial charge in [-0.1, -0.05) is 21.9 Å². The van der Waals surface area contributed by atoms with Crippen LogP contribution < -0.4 is 0 Å². The second-order valence-electron chi connectivity index (χ2n) is 1.07. The molecule has 0 aliphatic carbocycles. The van der Waals surface area contributed by atoms with Crippen LogP contribution in [0.4, 0.5) is 0 Å². The van der Waals surface area contributed by atoms with Crippen molar-refractivity contribution in [1.29, 1.82) is 0 Å². The number of hydrogen-bond acceptors (Lipinski definition) is 0. The molecule has 0 amide bonds. The Morgan fingerprint density at radius 3 is 2.11 bits per heavy atom. The number of unbranched alkanes of at least 4 members (excludes halogenated alkanes) is 1. The fourth-order valence-electron chi connectivity index (χ4n) is 0.155. The van der Waals surface area contributed by atoms with Crippen LogP contribution in [0.2, 0.25) is 0 Å². The summed E-state index contributed by atoms with van der Waals surface area (Å²) in [7, 11) is 0. The van der Waals surface area contributed by atoms with Gasteiger partial charge in [-0.25, -0.2) is 0 Å². The maximum Gasteiger partial charge on any atom is 0.552 e. The molecule has 0 bridgehead atoms. The highest BCUT2D eigenvalue weighted by molar-refractivity contribution is 14.3. The van der Waals surface area contributed by atoms with Gasteiger partial charge in [0.25, 0.3) is 0 Å². The van der Waals surface area contributed by atoms with Gasteiger partial charge in [0.1, 0.15) is 0 Å². The van der Waals surface area contributed by atoms with Crippen molar-refractivity contribution < 1.29 is 0 Å². The highest BCUT2D eigenvalue weighted by atomic mass is 127. The molecule has 0 rings (SSSR count). The van der Waals surface area contributed by atoms with Gasteiger partial charge in [0.2, 0.25) is 0 Å². The van der Waals surface area contributed by atoms with E-state index in [0.717, 1.165) is 18.2 Å². The summed E-state index contributed by atoms with van der Waals surface area (Å²) in [6.45, 7) is 0. The second kappa shape index (κ2) is 16.7. The molecule has 0 heterocycles. The van der Waals surface area contributed by atoms with Crippen LogP contribution in [-0.4, -0.2) is 17.9 Å². The first-order valence-electron chi connectivity index (χ1n) is 2.41. The molecule has 0 aromatic heterocycles. The van der Waals surface area contributed by atoms with E-state index >= 15 is 0 Å². The Morgan fingerprint density at radius 2 is 2.00 bits per heavy atom. The topological polar surface area (TPSA) is 0 Å². The van der Waals surface area contributed by atoms with E-state index in [1.165, 1.54) is 0 Å². The van der Waals surface area contributed by atoms with E-state index in [4.69, 9.17) is 6.42 Å². The fraction of sp³-hybridized carbons (Fsp3) is 0.600. The Morgan fingerprint density at radius 1 is 1.56 bits per heavy atom. The molecule has 0 N–H and O–H groups in total. The van der Waals surface area contributed by atoms with Crippen LogP contribution >= 0.6 is 53.6 Å². The third-order valence-electron chi connectivity index (χ3n) is 0.435. The summed E-state index contributed by atoms with van der Waals surface area (Å²) >= 11 is 8.41. The lowest BCUT2D eigenvalue weighted by atomic mass is 10.4. The highest BCUT2D eigenvalue weighted by Crippen LogP contribution is 1.89. The Balaban J connectivity index is 0. The Kier molecular flexibility index (Phi) is 25.7. The van der Waals surface area contributed by atoms with Gasteiger partial charge in [-0.15, -0.1) is 0 Å². The largest absolute Gasteiger partial charge is 0.552 e. The van der Waals surface area contributed by atoms with Crippen LogP contribution in [0.5, 0.6) is 0 Å². The van der Waals surface area contributed by atoms with E-state index < -0.39 is 0 Å². The van der Waals surface area contributed by atoms with E-state index in [2.05, 4.69) is 59.6 Å². The zero-order valence-corrected chi connectivity index (χ0v) is 12.3. The van der Waals surface area contributed by atoms with Crippen molar-refractivity contribution in [3.63, 3.8) is 0 Å². The van der Waals surface area contributed by atoms with Crippen LogP contribution in [0, 0.1) is 12.3 Å². The van der Waals surface area contributed by atoms with Gasteiger partial charge in [0.05, 0.1) is 0 Å². The Hall–Kier alpha value is 2.27. The smallest absolute Gasteiger partial charge is 0.276 e. The van der Waals surface area contributed by atoms with Gasteiger partial charge in [-0.05, 0) is 12.8 Å². The number of halogens is 3. The highest BCUT2D eigenvalue weighted by Gasteiger charge is 1.73. The average Bonchev–Trinajstić information content (AvgIpc) is 1.86. The number of rotatable bonds is 2. The summed E-state index contributed by atoms with van der Waals surface area (Å²) in [5.41, 5.74) is 0. The minimum Gasteiger partial charge on any atom is -0.276 e. The first-order chi connectivity index (χ1) is 4.33. The fourth-order valence-corrected chi connectivity index (χ4v) is 0.436. The van der Waals surface area contributed by atoms with Crippen molar-refractivity contribution in [2.45, 2.75) is 12.8 Å². The van der Waals surface area contributed by atoms with Crippen molar-refractivity contribution in [3.05, 3.63) is 6.42 Å². The standard InChI is InChI=1S/C5H6Br.2HI.Mg/c1-2-3-4-5-6;;;/h3-5H2;2*1H;/q;;;+2/p-2. The molecule has 0 spiro atoms. The molecule has 0 saturated carbocycles. The molecule has 1 radical (unpaired) electrons. The molecule has 0 saturated heterocycles. The summed E-state index contributed by atoms with van der Waals surface area (Å²) in [5.74, 6) is 2.29. The second-order valence-corrected chi connectivity index (χ2v) is 15.4. The molecular formula is C5H6BrI2Mg. The average molecular weight is 424 g/mol. The van der Waals surface area contributed by atoms with Gasteiger partial charge in [-0.2, -0.15) is 0 Å². The predicted molar refractivity (Wildman–Crippen MR) is 64.0 cm³/mol. The van der Waals surface area contributed by atoms with E-state index in [1.807, 2.05) is 0 Å². The quantitative estimate of drug-likeness (QED) is 0.210. The van der Waals surface area contributed by atoms with E-state index in [9.17, 15) is 0 Å². The van der Waals surface area contributed by atoms with Gasteiger partial charge in [-0.3, -0.25) is 37.7 Å². The minimum atomic E-state index is 0.357. The monoisotopic (exact) mass is 423 g/mol. The molecule has 0 aromatic carbocycles. The lowest BCUT2D eigenvalue weighted by molar-refractivity contribution is 1.00. The van der Waals surface area contributed by atoms with Gasteiger partial charge >= 0.3 is 12.6 Å². The van der Waals surface area contributed by atoms with Crippen molar-refractivity contribution in [3.8, 4) is 5.92 Å². The molecule has 0 aromatic rings. The van der Waals surface area contributed by atoms with Crippen molar-refractivity contribution in [2.24, 2.45) is 0 Å². The van der Waals surface area contributed by atoms with Gasteiger partial charge < -0.3 is 0 Å². The van der Waals surface area contributed by atoms with Crippen LogP contribution in [0.25, 0.3) is 0 Å². The maximum atomic E-state index is 6.44. The van der Waals surface area contributed by atoms with E-state index in [1.54, 1.807) is 0 Å². The Bertz CT molecular complexity index is 71.8. The van der Waals surface area contributed by atoms with Crippen molar-refractivity contribution in [2.75, 3.05) is 5.33 Å². The molecule has 49 valence electrons. The zero-order valence-electron chi connectivity index (χ0n) is 4.96. The van der Waals surface area contributed by atoms with Gasteiger partial charge in [0.15, 0.2) is 0 Å². The normalized spacial score (nSPS) is 6.00. The lowest BCUT2D eigenvalue weighted by Gasteiger charge is -1.77. The molecule has 0 atom stereocenters. The molecular weight excluding hydrogens is 418 g/mol. The molecule has 0 fully saturated rings. The number of alkyl halides is 1. The Labute approximate surface area is 94.9 Å². The van der Waals surface area contributed by atoms with Gasteiger partial charge in [0, 0.05) is 11.8 Å². The molecule has 4 heteroatoms. The minimum absolute atomic E-state index is 0.357. The summed E-state index contributed by atoms with van der Waals surface area (Å²) in [4.78, 5) is 0. The molecule has 0 aliphatic heterocycles.